The van der Waals surface area contributed by atoms with Crippen molar-refractivity contribution in [1.82, 2.24) is 5.32 Å². The Morgan fingerprint density at radius 3 is 2.43 bits per heavy atom. The molecule has 14 heteroatoms. The molecule has 2 aromatic carbocycles. The third kappa shape index (κ3) is 6.03. The van der Waals surface area contributed by atoms with Gasteiger partial charge in [-0.05, 0) is 13.0 Å². The number of aromatic hydroxyl groups is 2. The summed E-state index contributed by atoms with van der Waals surface area (Å²) in [4.78, 5) is 64.5. The van der Waals surface area contributed by atoms with Crippen molar-refractivity contribution in [2.45, 2.75) is 88.6 Å². The van der Waals surface area contributed by atoms with E-state index in [2.05, 4.69) is 5.32 Å². The minimum Gasteiger partial charge on any atom is -0.507 e. The highest BCUT2D eigenvalue weighted by molar-refractivity contribution is 6.31. The van der Waals surface area contributed by atoms with E-state index in [0.29, 0.717) is 0 Å². The third-order valence-corrected chi connectivity index (χ3v) is 9.13. The van der Waals surface area contributed by atoms with Gasteiger partial charge in [-0.15, -0.1) is 0 Å². The van der Waals surface area contributed by atoms with E-state index in [1.807, 2.05) is 0 Å². The Labute approximate surface area is 269 Å². The highest BCUT2D eigenvalue weighted by Crippen LogP contribution is 2.52. The first-order valence-electron chi connectivity index (χ1n) is 15.3. The van der Waals surface area contributed by atoms with Gasteiger partial charge in [-0.2, -0.15) is 0 Å². The number of Topliss-reactive ketones (excluding diaryl/α,β-unsaturated/α-hetero) is 2. The van der Waals surface area contributed by atoms with E-state index >= 15 is 0 Å². The number of phenolic OH excluding ortho intramolecular Hbond substituents is 2. The molecule has 1 heterocycles. The van der Waals surface area contributed by atoms with Gasteiger partial charge in [0.25, 0.3) is 0 Å². The number of hydrogen-bond donors (Lipinski definition) is 6. The van der Waals surface area contributed by atoms with E-state index in [9.17, 15) is 49.5 Å². The molecule has 252 valence electrons. The van der Waals surface area contributed by atoms with Gasteiger partial charge in [-0.3, -0.25) is 24.0 Å². The van der Waals surface area contributed by atoms with Gasteiger partial charge in [0.05, 0.1) is 42.0 Å². The van der Waals surface area contributed by atoms with Gasteiger partial charge >= 0.3 is 0 Å². The predicted octanol–water partition coefficient (Wildman–Crippen LogP) is 0.918. The number of carbonyl (C=O) groups excluding carboxylic acids is 5. The van der Waals surface area contributed by atoms with Crippen LogP contribution in [0, 0.1) is 0 Å². The highest BCUT2D eigenvalue weighted by atomic mass is 16.7. The van der Waals surface area contributed by atoms with Crippen LogP contribution < -0.4 is 10.1 Å². The van der Waals surface area contributed by atoms with Crippen molar-refractivity contribution in [3.05, 3.63) is 51.6 Å². The zero-order valence-corrected chi connectivity index (χ0v) is 26.1. The number of ketones is 4. The molecular formula is C33H37NO13. The van der Waals surface area contributed by atoms with Crippen LogP contribution in [-0.4, -0.2) is 98.4 Å². The van der Waals surface area contributed by atoms with E-state index in [0.717, 1.165) is 0 Å². The number of aliphatic hydroxyl groups excluding tert-OH is 2. The molecular weight excluding hydrogens is 618 g/mol. The summed E-state index contributed by atoms with van der Waals surface area (Å²) >= 11 is 0. The summed E-state index contributed by atoms with van der Waals surface area (Å²) in [5.41, 5.74) is -4.01. The SMILES string of the molecule is CCC(=O)CCC(=O)N[C@H]1CC(O[C@H]2C[C@](O)(C(=O)CO)Cc3c(O)c4c(c(O)c32)C(=O)c2c(OC)cccc2C4=O)O[C@@H](C)[C@H]1O. The molecule has 0 radical (unpaired) electrons. The van der Waals surface area contributed by atoms with Crippen LogP contribution in [0.4, 0.5) is 0 Å². The van der Waals surface area contributed by atoms with Crippen molar-refractivity contribution >= 4 is 29.0 Å². The molecule has 14 nitrogen and oxygen atoms in total. The maximum Gasteiger partial charge on any atom is 0.220 e. The molecule has 0 spiro atoms. The zero-order chi connectivity index (χ0) is 34.4. The molecule has 3 aliphatic rings. The van der Waals surface area contributed by atoms with Crippen LogP contribution >= 0.6 is 0 Å². The fourth-order valence-corrected chi connectivity index (χ4v) is 6.57. The lowest BCUT2D eigenvalue weighted by Crippen LogP contribution is -2.55. The summed E-state index contributed by atoms with van der Waals surface area (Å²) in [5, 5.41) is 57.6. The number of nitrogens with one attached hydrogen (secondary N) is 1. The van der Waals surface area contributed by atoms with Crippen LogP contribution in [-0.2, 0) is 30.3 Å². The number of aliphatic hydroxyl groups is 3. The summed E-state index contributed by atoms with van der Waals surface area (Å²) < 4.78 is 17.3. The summed E-state index contributed by atoms with van der Waals surface area (Å²) in [6.07, 6.45) is -5.87. The molecule has 0 aromatic heterocycles. The van der Waals surface area contributed by atoms with Gasteiger partial charge in [0.2, 0.25) is 11.7 Å². The summed E-state index contributed by atoms with van der Waals surface area (Å²) in [5.74, 6) is -4.64. The molecule has 1 saturated heterocycles. The lowest BCUT2D eigenvalue weighted by atomic mass is 9.72. The largest absolute Gasteiger partial charge is 0.507 e. The number of rotatable bonds is 10. The number of amides is 1. The molecule has 6 atom stereocenters. The molecule has 5 rings (SSSR count). The second kappa shape index (κ2) is 13.1. The van der Waals surface area contributed by atoms with Crippen LogP contribution in [0.25, 0.3) is 0 Å². The Morgan fingerprint density at radius 2 is 1.77 bits per heavy atom. The second-order valence-corrected chi connectivity index (χ2v) is 12.1. The van der Waals surface area contributed by atoms with Crippen molar-refractivity contribution in [3.8, 4) is 17.2 Å². The van der Waals surface area contributed by atoms with E-state index in [1.54, 1.807) is 6.92 Å². The van der Waals surface area contributed by atoms with Crippen LogP contribution in [0.5, 0.6) is 17.2 Å². The fourth-order valence-electron chi connectivity index (χ4n) is 6.57. The van der Waals surface area contributed by atoms with Crippen molar-refractivity contribution in [2.24, 2.45) is 0 Å². The first-order chi connectivity index (χ1) is 22.3. The molecule has 1 amide bonds. The van der Waals surface area contributed by atoms with Crippen LogP contribution in [0.15, 0.2) is 18.2 Å². The lowest BCUT2D eigenvalue weighted by molar-refractivity contribution is -0.249. The van der Waals surface area contributed by atoms with Crippen molar-refractivity contribution in [3.63, 3.8) is 0 Å². The monoisotopic (exact) mass is 655 g/mol. The van der Waals surface area contributed by atoms with Gasteiger partial charge in [-0.1, -0.05) is 19.1 Å². The first kappa shape index (κ1) is 34.1. The minimum atomic E-state index is -2.33. The van der Waals surface area contributed by atoms with Gasteiger partial charge in [-0.25, -0.2) is 0 Å². The molecule has 2 aromatic rings. The normalized spacial score (nSPS) is 26.6. The van der Waals surface area contributed by atoms with Crippen molar-refractivity contribution in [2.75, 3.05) is 13.7 Å². The number of ether oxygens (including phenoxy) is 3. The maximum atomic E-state index is 13.8. The standard InChI is InChI=1S/C33H37NO13/c1-4-15(36)8-9-22(38)34-18-10-23(46-14(2)28(18)39)47-20-12-33(44,21(37)13-35)11-17-25(20)32(43)27-26(30(17)41)29(40)16-6-5-7-19(45-3)24(16)31(27)42/h5-7,14,18,20,23,28,35,39,41,43-44H,4,8-13H2,1-3H3,(H,34,38)/t14-,18-,20-,23?,28+,33-/m0/s1. The quantitative estimate of drug-likeness (QED) is 0.167. The molecule has 0 saturated carbocycles. The Hall–Kier alpha value is -4.21. The Morgan fingerprint density at radius 1 is 1.06 bits per heavy atom. The zero-order valence-electron chi connectivity index (χ0n) is 26.1. The number of carbonyl (C=O) groups is 5. The molecule has 0 bridgehead atoms. The van der Waals surface area contributed by atoms with Crippen molar-refractivity contribution < 1.29 is 63.7 Å². The number of phenols is 2. The summed E-state index contributed by atoms with van der Waals surface area (Å²) in [6.45, 7) is 2.13. The van der Waals surface area contributed by atoms with Crippen LogP contribution in [0.1, 0.15) is 95.0 Å². The second-order valence-electron chi connectivity index (χ2n) is 12.1. The number of fused-ring (bicyclic) bond motifs is 3. The smallest absolute Gasteiger partial charge is 0.220 e. The molecule has 6 N–H and O–H groups in total. The predicted molar refractivity (Wildman–Crippen MR) is 160 cm³/mol. The minimum absolute atomic E-state index is 0.0259. The average Bonchev–Trinajstić information content (AvgIpc) is 3.05. The van der Waals surface area contributed by atoms with Gasteiger partial charge in [0, 0.05) is 55.2 Å². The molecule has 2 aliphatic carbocycles. The molecule has 1 fully saturated rings. The topological polar surface area (TPSA) is 226 Å². The highest BCUT2D eigenvalue weighted by Gasteiger charge is 2.50. The maximum absolute atomic E-state index is 13.8. The fraction of sp³-hybridized carbons (Fsp3) is 0.485. The number of hydrogen-bond acceptors (Lipinski definition) is 13. The van der Waals surface area contributed by atoms with Gasteiger partial charge in [0.15, 0.2) is 17.9 Å². The molecule has 1 unspecified atom stereocenters. The Bertz CT molecular complexity index is 1650. The summed E-state index contributed by atoms with van der Waals surface area (Å²) in [7, 11) is 1.30. The lowest BCUT2D eigenvalue weighted by Gasteiger charge is -2.43. The molecule has 47 heavy (non-hydrogen) atoms. The first-order valence-corrected chi connectivity index (χ1v) is 15.3. The van der Waals surface area contributed by atoms with Gasteiger partial charge in [0.1, 0.15) is 41.3 Å². The van der Waals surface area contributed by atoms with E-state index in [-0.39, 0.29) is 59.5 Å². The third-order valence-electron chi connectivity index (χ3n) is 9.13. The van der Waals surface area contributed by atoms with Crippen LogP contribution in [0.2, 0.25) is 0 Å². The van der Waals surface area contributed by atoms with Crippen molar-refractivity contribution in [1.29, 1.82) is 0 Å². The van der Waals surface area contributed by atoms with Crippen LogP contribution in [0.3, 0.4) is 0 Å². The average molecular weight is 656 g/mol. The number of benzene rings is 2. The van der Waals surface area contributed by atoms with E-state index in [4.69, 9.17) is 14.2 Å². The van der Waals surface area contributed by atoms with Gasteiger partial charge < -0.3 is 45.1 Å². The number of methoxy groups -OCH3 is 1. The Kier molecular flexibility index (Phi) is 9.53. The Balaban J connectivity index is 1.54. The summed E-state index contributed by atoms with van der Waals surface area (Å²) in [6, 6.07) is 3.40. The van der Waals surface area contributed by atoms with E-state index in [1.165, 1.54) is 32.2 Å². The molecule has 1 aliphatic heterocycles. The van der Waals surface area contributed by atoms with E-state index < -0.39 is 102 Å².